The molecule has 25 heavy (non-hydrogen) atoms. The number of amides is 1. The van der Waals surface area contributed by atoms with Crippen LogP contribution in [0.4, 0.5) is 10.6 Å². The minimum absolute atomic E-state index is 0.0760. The lowest BCUT2D eigenvalue weighted by Gasteiger charge is -2.33. The van der Waals surface area contributed by atoms with Gasteiger partial charge < -0.3 is 24.2 Å². The maximum atomic E-state index is 11.2. The van der Waals surface area contributed by atoms with E-state index < -0.39 is 13.2 Å². The van der Waals surface area contributed by atoms with Crippen LogP contribution in [0.2, 0.25) is 0 Å². The highest BCUT2D eigenvalue weighted by Crippen LogP contribution is 2.37. The third kappa shape index (κ3) is 2.59. The normalized spacial score (nSPS) is 29.5. The van der Waals surface area contributed by atoms with Crippen molar-refractivity contribution in [2.75, 3.05) is 18.0 Å². The van der Waals surface area contributed by atoms with Gasteiger partial charge in [0.25, 0.3) is 0 Å². The number of piperazine rings is 1. The fraction of sp³-hybridized carbons (Fsp3) is 0.647. The number of carbonyl (C=O) groups is 1. The van der Waals surface area contributed by atoms with E-state index in [0.717, 1.165) is 17.7 Å². The number of nitrogens with zero attached hydrogens (tertiary/aromatic N) is 3. The molecule has 8 heteroatoms. The lowest BCUT2D eigenvalue weighted by atomic mass is 9.80. The minimum atomic E-state index is -0.823. The molecule has 1 N–H and O–H groups in total. The van der Waals surface area contributed by atoms with Gasteiger partial charge in [-0.25, -0.2) is 9.78 Å². The summed E-state index contributed by atoms with van der Waals surface area (Å²) in [5, 5.41) is 9.20. The van der Waals surface area contributed by atoms with Crippen molar-refractivity contribution in [3.63, 3.8) is 0 Å². The van der Waals surface area contributed by atoms with E-state index in [1.54, 1.807) is 11.1 Å². The molecular formula is C17H24BN3O4. The molecule has 0 radical (unpaired) electrons. The van der Waals surface area contributed by atoms with Crippen LogP contribution in [0.3, 0.4) is 0 Å². The number of rotatable bonds is 2. The molecule has 3 saturated heterocycles. The van der Waals surface area contributed by atoms with Crippen molar-refractivity contribution in [2.24, 2.45) is 0 Å². The average molecular weight is 345 g/mol. The molecule has 3 aliphatic heterocycles. The van der Waals surface area contributed by atoms with Crippen molar-refractivity contribution in [2.45, 2.75) is 57.4 Å². The van der Waals surface area contributed by atoms with Crippen LogP contribution in [0, 0.1) is 0 Å². The van der Waals surface area contributed by atoms with E-state index in [0.29, 0.717) is 13.1 Å². The number of anilines is 1. The zero-order chi connectivity index (χ0) is 18.0. The third-order valence-electron chi connectivity index (χ3n) is 6.08. The van der Waals surface area contributed by atoms with Gasteiger partial charge in [-0.1, -0.05) is 6.07 Å². The van der Waals surface area contributed by atoms with Gasteiger partial charge in [0.05, 0.1) is 23.3 Å². The van der Waals surface area contributed by atoms with E-state index in [-0.39, 0.29) is 23.3 Å². The lowest BCUT2D eigenvalue weighted by Crippen LogP contribution is -2.48. The number of carboxylic acid groups (broad SMARTS) is 1. The Bertz CT molecular complexity index is 678. The van der Waals surface area contributed by atoms with E-state index in [9.17, 15) is 9.90 Å². The molecule has 0 saturated carbocycles. The van der Waals surface area contributed by atoms with Gasteiger partial charge in [-0.2, -0.15) is 0 Å². The van der Waals surface area contributed by atoms with Crippen LogP contribution in [-0.2, 0) is 9.31 Å². The Morgan fingerprint density at radius 3 is 2.36 bits per heavy atom. The fourth-order valence-electron chi connectivity index (χ4n) is 3.87. The summed E-state index contributed by atoms with van der Waals surface area (Å²) in [6.45, 7) is 9.39. The number of aromatic nitrogens is 1. The van der Waals surface area contributed by atoms with Crippen molar-refractivity contribution in [1.29, 1.82) is 0 Å². The quantitative estimate of drug-likeness (QED) is 0.815. The second-order valence-electron chi connectivity index (χ2n) is 8.17. The first-order valence-corrected chi connectivity index (χ1v) is 8.76. The van der Waals surface area contributed by atoms with Crippen LogP contribution >= 0.6 is 0 Å². The predicted octanol–water partition coefficient (Wildman–Crippen LogP) is 1.32. The summed E-state index contributed by atoms with van der Waals surface area (Å²) in [5.41, 5.74) is 0.161. The summed E-state index contributed by atoms with van der Waals surface area (Å²) in [6.07, 6.45) is 1.86. The Morgan fingerprint density at radius 1 is 1.20 bits per heavy atom. The van der Waals surface area contributed by atoms with E-state index in [2.05, 4.69) is 9.88 Å². The molecule has 0 spiro atoms. The van der Waals surface area contributed by atoms with Crippen molar-refractivity contribution >= 4 is 24.5 Å². The summed E-state index contributed by atoms with van der Waals surface area (Å²) in [7, 11) is -0.413. The molecule has 0 aromatic carbocycles. The van der Waals surface area contributed by atoms with Crippen molar-refractivity contribution in [3.05, 3.63) is 18.3 Å². The molecular weight excluding hydrogens is 321 g/mol. The third-order valence-corrected chi connectivity index (χ3v) is 6.08. The molecule has 4 rings (SSSR count). The van der Waals surface area contributed by atoms with Crippen LogP contribution in [0.25, 0.3) is 0 Å². The van der Waals surface area contributed by atoms with Gasteiger partial charge in [-0.05, 0) is 40.2 Å². The molecule has 0 aliphatic carbocycles. The summed E-state index contributed by atoms with van der Waals surface area (Å²) in [5.74, 6) is 0.887. The number of pyridine rings is 1. The molecule has 2 atom stereocenters. The Labute approximate surface area is 148 Å². The highest BCUT2D eigenvalue weighted by Gasteiger charge is 2.52. The van der Waals surface area contributed by atoms with Gasteiger partial charge in [0.15, 0.2) is 0 Å². The van der Waals surface area contributed by atoms with E-state index in [1.807, 2.05) is 39.8 Å². The fourth-order valence-corrected chi connectivity index (χ4v) is 3.87. The summed E-state index contributed by atoms with van der Waals surface area (Å²) in [4.78, 5) is 19.5. The summed E-state index contributed by atoms with van der Waals surface area (Å²) < 4.78 is 12.1. The van der Waals surface area contributed by atoms with Gasteiger partial charge in [0.2, 0.25) is 0 Å². The molecule has 134 valence electrons. The monoisotopic (exact) mass is 345 g/mol. The van der Waals surface area contributed by atoms with Gasteiger partial charge >= 0.3 is 13.2 Å². The SMILES string of the molecule is CC1(C)OB(c2ccc(N3C[C@@H]4C[C@H]3CN4C(=O)O)nc2)OC1(C)C. The maximum Gasteiger partial charge on any atom is 0.496 e. The van der Waals surface area contributed by atoms with Crippen molar-refractivity contribution in [3.8, 4) is 0 Å². The highest BCUT2D eigenvalue weighted by atomic mass is 16.7. The van der Waals surface area contributed by atoms with Gasteiger partial charge in [-0.15, -0.1) is 0 Å². The number of fused-ring (bicyclic) bond motifs is 2. The van der Waals surface area contributed by atoms with Gasteiger partial charge in [-0.3, -0.25) is 0 Å². The Hall–Kier alpha value is -1.80. The molecule has 3 aliphatic rings. The summed E-state index contributed by atoms with van der Waals surface area (Å²) in [6, 6.07) is 4.26. The minimum Gasteiger partial charge on any atom is -0.465 e. The van der Waals surface area contributed by atoms with E-state index in [4.69, 9.17) is 9.31 Å². The molecule has 2 bridgehead atoms. The van der Waals surface area contributed by atoms with E-state index in [1.165, 1.54) is 0 Å². The van der Waals surface area contributed by atoms with Crippen LogP contribution in [0.15, 0.2) is 18.3 Å². The number of likely N-dealkylation sites (tertiary alicyclic amines) is 1. The Morgan fingerprint density at radius 2 is 1.88 bits per heavy atom. The first-order chi connectivity index (χ1) is 11.7. The molecule has 3 fully saturated rings. The topological polar surface area (TPSA) is 75.1 Å². The first kappa shape index (κ1) is 16.7. The van der Waals surface area contributed by atoms with Crippen molar-refractivity contribution < 1.29 is 19.2 Å². The largest absolute Gasteiger partial charge is 0.496 e. The first-order valence-electron chi connectivity index (χ1n) is 8.76. The smallest absolute Gasteiger partial charge is 0.465 e. The second kappa shape index (κ2) is 5.35. The van der Waals surface area contributed by atoms with Gasteiger partial charge in [0.1, 0.15) is 5.82 Å². The maximum absolute atomic E-state index is 11.2. The lowest BCUT2D eigenvalue weighted by molar-refractivity contribution is 0.00578. The second-order valence-corrected chi connectivity index (χ2v) is 8.17. The Balaban J connectivity index is 1.47. The van der Waals surface area contributed by atoms with Crippen LogP contribution in [0.5, 0.6) is 0 Å². The van der Waals surface area contributed by atoms with Crippen molar-refractivity contribution in [1.82, 2.24) is 9.88 Å². The molecule has 4 heterocycles. The molecule has 0 unspecified atom stereocenters. The summed E-state index contributed by atoms with van der Waals surface area (Å²) >= 11 is 0. The number of hydrogen-bond acceptors (Lipinski definition) is 5. The van der Waals surface area contributed by atoms with E-state index >= 15 is 0 Å². The standard InChI is InChI=1S/C17H24BN3O4/c1-16(2)17(3,4)25-18(24-16)11-5-6-14(19-8-11)20-9-13-7-12(20)10-21(13)15(22)23/h5-6,8,12-13H,7,9-10H2,1-4H3,(H,22,23)/t12-,13-/m0/s1. The average Bonchev–Trinajstić information content (AvgIpc) is 3.19. The zero-order valence-electron chi connectivity index (χ0n) is 15.1. The number of hydrogen-bond donors (Lipinski definition) is 1. The van der Waals surface area contributed by atoms with Gasteiger partial charge in [0, 0.05) is 24.7 Å². The molecule has 1 amide bonds. The Kier molecular flexibility index (Phi) is 3.56. The van der Waals surface area contributed by atoms with Crippen LogP contribution < -0.4 is 10.4 Å². The predicted molar refractivity (Wildman–Crippen MR) is 94.2 cm³/mol. The molecule has 7 nitrogen and oxygen atoms in total. The highest BCUT2D eigenvalue weighted by molar-refractivity contribution is 6.62. The zero-order valence-corrected chi connectivity index (χ0v) is 15.1. The molecule has 1 aromatic rings. The van der Waals surface area contributed by atoms with Crippen LogP contribution in [-0.4, -0.2) is 64.6 Å². The molecule has 1 aromatic heterocycles. The van der Waals surface area contributed by atoms with Crippen LogP contribution in [0.1, 0.15) is 34.1 Å².